The highest BCUT2D eigenvalue weighted by molar-refractivity contribution is 7.89. The van der Waals surface area contributed by atoms with Crippen LogP contribution >= 0.6 is 11.3 Å². The molecule has 6 nitrogen and oxygen atoms in total. The monoisotopic (exact) mass is 367 g/mol. The fourth-order valence-electron chi connectivity index (χ4n) is 2.61. The lowest BCUT2D eigenvalue weighted by Crippen LogP contribution is -2.55. The van der Waals surface area contributed by atoms with Crippen molar-refractivity contribution in [1.82, 2.24) is 14.6 Å². The molecule has 0 spiro atoms. The third kappa shape index (κ3) is 2.94. The van der Waals surface area contributed by atoms with Crippen molar-refractivity contribution in [3.05, 3.63) is 23.2 Å². The van der Waals surface area contributed by atoms with Crippen LogP contribution in [0.5, 0.6) is 0 Å². The Morgan fingerprint density at radius 3 is 2.71 bits per heavy atom. The fourth-order valence-corrected chi connectivity index (χ4v) is 5.37. The number of sulfonamides is 1. The molecule has 1 saturated heterocycles. The van der Waals surface area contributed by atoms with Crippen molar-refractivity contribution in [2.24, 2.45) is 0 Å². The number of rotatable bonds is 2. The van der Waals surface area contributed by atoms with Crippen molar-refractivity contribution in [2.45, 2.75) is 44.0 Å². The molecular formula is C16H21N3O3S2. The largest absolute Gasteiger partial charge is 0.353 e. The molecule has 1 aliphatic rings. The minimum Gasteiger partial charge on any atom is -0.353 e. The maximum absolute atomic E-state index is 12.9. The van der Waals surface area contributed by atoms with Gasteiger partial charge in [-0.2, -0.15) is 4.31 Å². The number of hydrogen-bond donors (Lipinski definition) is 1. The Morgan fingerprint density at radius 2 is 2.04 bits per heavy atom. The lowest BCUT2D eigenvalue weighted by atomic mass is 9.98. The molecule has 1 atom stereocenters. The van der Waals surface area contributed by atoms with Crippen LogP contribution in [-0.4, -0.2) is 42.7 Å². The molecule has 1 aromatic heterocycles. The third-order valence-corrected chi connectivity index (χ3v) is 7.46. The van der Waals surface area contributed by atoms with Gasteiger partial charge in [-0.05, 0) is 25.1 Å². The molecule has 0 unspecified atom stereocenters. The van der Waals surface area contributed by atoms with Gasteiger partial charge < -0.3 is 5.32 Å². The van der Waals surface area contributed by atoms with E-state index in [-0.39, 0.29) is 22.8 Å². The van der Waals surface area contributed by atoms with Gasteiger partial charge in [-0.1, -0.05) is 20.8 Å². The number of nitrogens with zero attached hydrogens (tertiary/aromatic N) is 2. The molecule has 3 rings (SSSR count). The van der Waals surface area contributed by atoms with E-state index in [0.717, 1.165) is 15.2 Å². The summed E-state index contributed by atoms with van der Waals surface area (Å²) in [6, 6.07) is 4.27. The van der Waals surface area contributed by atoms with Crippen molar-refractivity contribution in [3.63, 3.8) is 0 Å². The number of thiazole rings is 1. The van der Waals surface area contributed by atoms with Crippen LogP contribution in [0, 0.1) is 0 Å². The molecule has 130 valence electrons. The maximum atomic E-state index is 12.9. The molecule has 1 aliphatic heterocycles. The van der Waals surface area contributed by atoms with Crippen molar-refractivity contribution < 1.29 is 13.2 Å². The van der Waals surface area contributed by atoms with Gasteiger partial charge in [0.05, 0.1) is 20.1 Å². The van der Waals surface area contributed by atoms with Gasteiger partial charge in [-0.25, -0.2) is 13.4 Å². The van der Waals surface area contributed by atoms with E-state index in [1.807, 2.05) is 0 Å². The first-order chi connectivity index (χ1) is 11.1. The van der Waals surface area contributed by atoms with Gasteiger partial charge >= 0.3 is 0 Å². The molecule has 24 heavy (non-hydrogen) atoms. The van der Waals surface area contributed by atoms with Crippen LogP contribution in [0.2, 0.25) is 0 Å². The summed E-state index contributed by atoms with van der Waals surface area (Å²) in [5.74, 6) is -0.265. The number of nitrogens with one attached hydrogen (secondary N) is 1. The van der Waals surface area contributed by atoms with E-state index < -0.39 is 16.1 Å². The quantitative estimate of drug-likeness (QED) is 0.882. The predicted molar refractivity (Wildman–Crippen MR) is 94.7 cm³/mol. The van der Waals surface area contributed by atoms with Crippen LogP contribution in [0.25, 0.3) is 10.2 Å². The van der Waals surface area contributed by atoms with Gasteiger partial charge in [0.2, 0.25) is 15.9 Å². The van der Waals surface area contributed by atoms with Gasteiger partial charge in [0.15, 0.2) is 0 Å². The van der Waals surface area contributed by atoms with Gasteiger partial charge in [-0.3, -0.25) is 4.79 Å². The fraction of sp³-hybridized carbons (Fsp3) is 0.500. The number of hydrogen-bond acceptors (Lipinski definition) is 5. The van der Waals surface area contributed by atoms with Gasteiger partial charge in [-0.15, -0.1) is 11.3 Å². The minimum absolute atomic E-state index is 0.0812. The van der Waals surface area contributed by atoms with Crippen molar-refractivity contribution in [1.29, 1.82) is 0 Å². The normalized spacial score (nSPS) is 20.3. The summed E-state index contributed by atoms with van der Waals surface area (Å²) in [5, 5.41) is 3.65. The molecule has 2 heterocycles. The Kier molecular flexibility index (Phi) is 4.17. The van der Waals surface area contributed by atoms with E-state index in [1.165, 1.54) is 15.6 Å². The molecule has 0 saturated carbocycles. The Bertz CT molecular complexity index is 897. The van der Waals surface area contributed by atoms with Gasteiger partial charge in [0, 0.05) is 18.5 Å². The molecule has 8 heteroatoms. The zero-order chi connectivity index (χ0) is 17.7. The average molecular weight is 367 g/mol. The van der Waals surface area contributed by atoms with Crippen LogP contribution in [0.1, 0.15) is 32.7 Å². The second-order valence-electron chi connectivity index (χ2n) is 6.98. The van der Waals surface area contributed by atoms with E-state index in [1.54, 1.807) is 25.1 Å². The molecule has 1 aromatic carbocycles. The smallest absolute Gasteiger partial charge is 0.243 e. The van der Waals surface area contributed by atoms with E-state index in [9.17, 15) is 13.2 Å². The lowest BCUT2D eigenvalue weighted by Gasteiger charge is -2.31. The maximum Gasteiger partial charge on any atom is 0.243 e. The highest BCUT2D eigenvalue weighted by Crippen LogP contribution is 2.33. The summed E-state index contributed by atoms with van der Waals surface area (Å²) in [6.45, 7) is 8.46. The summed E-state index contributed by atoms with van der Waals surface area (Å²) in [7, 11) is -3.71. The zero-order valence-electron chi connectivity index (χ0n) is 14.2. The Balaban J connectivity index is 2.03. The highest BCUT2D eigenvalue weighted by Gasteiger charge is 2.35. The average Bonchev–Trinajstić information content (AvgIpc) is 2.93. The summed E-state index contributed by atoms with van der Waals surface area (Å²) >= 11 is 1.51. The Labute approximate surface area is 145 Å². The van der Waals surface area contributed by atoms with E-state index in [0.29, 0.717) is 6.54 Å². The summed E-state index contributed by atoms with van der Waals surface area (Å²) in [6.07, 6.45) is 0. The Morgan fingerprint density at radius 1 is 1.33 bits per heavy atom. The lowest BCUT2D eigenvalue weighted by molar-refractivity contribution is -0.126. The molecule has 2 aromatic rings. The molecule has 0 bridgehead atoms. The second kappa shape index (κ2) is 5.79. The van der Waals surface area contributed by atoms with Gasteiger partial charge in [0.25, 0.3) is 0 Å². The molecule has 1 amide bonds. The topological polar surface area (TPSA) is 79.4 Å². The molecule has 0 radical (unpaired) electrons. The number of carbonyl (C=O) groups is 1. The van der Waals surface area contributed by atoms with Crippen molar-refractivity contribution in [3.8, 4) is 0 Å². The number of fused-ring (bicyclic) bond motifs is 1. The number of amides is 1. The van der Waals surface area contributed by atoms with Crippen LogP contribution < -0.4 is 5.32 Å². The summed E-state index contributed by atoms with van der Waals surface area (Å²) in [4.78, 5) is 16.6. The first-order valence-electron chi connectivity index (χ1n) is 7.81. The Hall–Kier alpha value is -1.51. The van der Waals surface area contributed by atoms with Crippen LogP contribution in [-0.2, 0) is 20.2 Å². The summed E-state index contributed by atoms with van der Waals surface area (Å²) < 4.78 is 27.9. The van der Waals surface area contributed by atoms with Crippen molar-refractivity contribution >= 4 is 37.5 Å². The zero-order valence-corrected chi connectivity index (χ0v) is 15.8. The molecule has 0 aliphatic carbocycles. The van der Waals surface area contributed by atoms with Crippen molar-refractivity contribution in [2.75, 3.05) is 13.1 Å². The second-order valence-corrected chi connectivity index (χ2v) is 9.90. The van der Waals surface area contributed by atoms with E-state index >= 15 is 0 Å². The summed E-state index contributed by atoms with van der Waals surface area (Å²) in [5.41, 5.74) is 0.718. The SMILES string of the molecule is C[C@@H]1C(=O)NCCN1S(=O)(=O)c1ccc2nc(C(C)(C)C)sc2c1. The van der Waals surface area contributed by atoms with Crippen LogP contribution in [0.15, 0.2) is 23.1 Å². The van der Waals surface area contributed by atoms with Crippen LogP contribution in [0.3, 0.4) is 0 Å². The number of benzene rings is 1. The molecule has 1 N–H and O–H groups in total. The predicted octanol–water partition coefficient (Wildman–Crippen LogP) is 2.10. The standard InChI is InChI=1S/C16H21N3O3S2/c1-10-14(20)17-7-8-19(10)24(21,22)11-5-6-12-13(9-11)23-15(18-12)16(2,3)4/h5-6,9-10H,7-8H2,1-4H3,(H,17,20)/t10-/m1/s1. The molecular weight excluding hydrogens is 346 g/mol. The first-order valence-corrected chi connectivity index (χ1v) is 10.1. The number of aromatic nitrogens is 1. The van der Waals surface area contributed by atoms with Crippen LogP contribution in [0.4, 0.5) is 0 Å². The van der Waals surface area contributed by atoms with Gasteiger partial charge in [0.1, 0.15) is 6.04 Å². The third-order valence-electron chi connectivity index (χ3n) is 4.05. The number of carbonyl (C=O) groups excluding carboxylic acids is 1. The van der Waals surface area contributed by atoms with E-state index in [4.69, 9.17) is 0 Å². The molecule has 1 fully saturated rings. The first kappa shape index (κ1) is 17.3. The minimum atomic E-state index is -3.71. The number of piperazine rings is 1. The highest BCUT2D eigenvalue weighted by atomic mass is 32.2. The van der Waals surface area contributed by atoms with E-state index in [2.05, 4.69) is 31.1 Å².